The molecular formula is C23H22N6O. The summed E-state index contributed by atoms with van der Waals surface area (Å²) in [5.41, 5.74) is 8.89. The monoisotopic (exact) mass is 398 g/mol. The van der Waals surface area contributed by atoms with Gasteiger partial charge in [0.2, 0.25) is 0 Å². The van der Waals surface area contributed by atoms with Gasteiger partial charge in [-0.15, -0.1) is 0 Å². The summed E-state index contributed by atoms with van der Waals surface area (Å²) in [4.78, 5) is 8.79. The van der Waals surface area contributed by atoms with E-state index in [0.717, 1.165) is 46.8 Å². The molecule has 0 radical (unpaired) electrons. The number of hydrogen-bond acceptors (Lipinski definition) is 6. The molecule has 7 heteroatoms. The third kappa shape index (κ3) is 2.81. The lowest BCUT2D eigenvalue weighted by atomic mass is 10.0. The van der Waals surface area contributed by atoms with Crippen LogP contribution in [0.5, 0.6) is 11.5 Å². The largest absolute Gasteiger partial charge is 0.457 e. The van der Waals surface area contributed by atoms with E-state index in [2.05, 4.69) is 20.0 Å². The Morgan fingerprint density at radius 3 is 2.50 bits per heavy atom. The molecule has 150 valence electrons. The van der Waals surface area contributed by atoms with Crippen LogP contribution in [0.1, 0.15) is 18.9 Å². The summed E-state index contributed by atoms with van der Waals surface area (Å²) in [5.74, 6) is 2.63. The number of para-hydroxylation sites is 1. The predicted molar refractivity (Wildman–Crippen MR) is 115 cm³/mol. The van der Waals surface area contributed by atoms with Crippen molar-refractivity contribution in [3.63, 3.8) is 0 Å². The lowest BCUT2D eigenvalue weighted by Crippen LogP contribution is -2.31. The first kappa shape index (κ1) is 17.4. The lowest BCUT2D eigenvalue weighted by Gasteiger charge is -2.23. The van der Waals surface area contributed by atoms with Crippen LogP contribution in [0.3, 0.4) is 0 Å². The van der Waals surface area contributed by atoms with E-state index in [1.54, 1.807) is 0 Å². The maximum Gasteiger partial charge on any atom is 0.164 e. The van der Waals surface area contributed by atoms with Gasteiger partial charge in [0.25, 0.3) is 0 Å². The molecule has 2 aromatic carbocycles. The number of benzene rings is 2. The summed E-state index contributed by atoms with van der Waals surface area (Å²) in [5, 5.41) is 9.39. The van der Waals surface area contributed by atoms with E-state index in [9.17, 15) is 0 Å². The first-order valence-electron chi connectivity index (χ1n) is 10.3. The van der Waals surface area contributed by atoms with Crippen molar-refractivity contribution >= 4 is 16.9 Å². The molecule has 6 rings (SSSR count). The average molecular weight is 398 g/mol. The molecule has 3 heterocycles. The zero-order chi connectivity index (χ0) is 20.1. The van der Waals surface area contributed by atoms with Gasteiger partial charge >= 0.3 is 0 Å². The molecule has 3 N–H and O–H groups in total. The summed E-state index contributed by atoms with van der Waals surface area (Å²) in [6, 6.07) is 18.6. The Hall–Kier alpha value is -3.45. The fraction of sp³-hybridized carbons (Fsp3) is 0.261. The van der Waals surface area contributed by atoms with Crippen LogP contribution in [0.25, 0.3) is 22.3 Å². The van der Waals surface area contributed by atoms with Crippen LogP contribution in [0.2, 0.25) is 0 Å². The number of ether oxygens (including phenoxy) is 1. The number of hydrogen-bond donors (Lipinski definition) is 2. The number of aromatic nitrogens is 4. The molecule has 3 atom stereocenters. The van der Waals surface area contributed by atoms with Crippen LogP contribution in [0, 0.1) is 5.92 Å². The Labute approximate surface area is 173 Å². The SMILES string of the molecule is Nc1ncnc2c1c(-c1ccc(Oc3ccccc3)cc1)nn2C1CC2CC1CN2. The molecule has 1 saturated heterocycles. The van der Waals surface area contributed by atoms with E-state index in [-0.39, 0.29) is 0 Å². The van der Waals surface area contributed by atoms with Gasteiger partial charge in [-0.1, -0.05) is 18.2 Å². The smallest absolute Gasteiger partial charge is 0.164 e. The minimum atomic E-state index is 0.350. The van der Waals surface area contributed by atoms with Gasteiger partial charge in [-0.2, -0.15) is 5.10 Å². The van der Waals surface area contributed by atoms with Crippen molar-refractivity contribution in [2.24, 2.45) is 5.92 Å². The Balaban J connectivity index is 1.39. The van der Waals surface area contributed by atoms with E-state index >= 15 is 0 Å². The van der Waals surface area contributed by atoms with Crippen molar-refractivity contribution < 1.29 is 4.74 Å². The second kappa shape index (κ2) is 6.81. The van der Waals surface area contributed by atoms with Crippen LogP contribution in [-0.4, -0.2) is 32.3 Å². The molecule has 2 aromatic heterocycles. The molecule has 2 aliphatic rings. The number of rotatable bonds is 4. The summed E-state index contributed by atoms with van der Waals surface area (Å²) in [7, 11) is 0. The van der Waals surface area contributed by atoms with Crippen molar-refractivity contribution in [3.8, 4) is 22.8 Å². The Bertz CT molecular complexity index is 1200. The zero-order valence-corrected chi connectivity index (χ0v) is 16.4. The number of anilines is 1. The second-order valence-electron chi connectivity index (χ2n) is 8.09. The van der Waals surface area contributed by atoms with Crippen molar-refractivity contribution in [1.29, 1.82) is 0 Å². The van der Waals surface area contributed by atoms with Crippen molar-refractivity contribution in [3.05, 3.63) is 60.9 Å². The molecule has 0 amide bonds. The highest BCUT2D eigenvalue weighted by Gasteiger charge is 2.42. The van der Waals surface area contributed by atoms with Crippen LogP contribution >= 0.6 is 0 Å². The maximum atomic E-state index is 6.27. The summed E-state index contributed by atoms with van der Waals surface area (Å²) in [6.45, 7) is 1.04. The van der Waals surface area contributed by atoms with Gasteiger partial charge in [0.15, 0.2) is 5.65 Å². The quantitative estimate of drug-likeness (QED) is 0.543. The van der Waals surface area contributed by atoms with E-state index < -0.39 is 0 Å². The fourth-order valence-electron chi connectivity index (χ4n) is 4.84. The van der Waals surface area contributed by atoms with Crippen LogP contribution < -0.4 is 15.8 Å². The van der Waals surface area contributed by atoms with Gasteiger partial charge in [-0.3, -0.25) is 0 Å². The normalized spacial score (nSPS) is 22.6. The van der Waals surface area contributed by atoms with Gasteiger partial charge in [-0.25, -0.2) is 14.6 Å². The van der Waals surface area contributed by atoms with Crippen LogP contribution in [0.15, 0.2) is 60.9 Å². The molecule has 0 spiro atoms. The van der Waals surface area contributed by atoms with Crippen molar-refractivity contribution in [2.75, 3.05) is 12.3 Å². The molecule has 2 bridgehead atoms. The first-order chi connectivity index (χ1) is 14.8. The Morgan fingerprint density at radius 2 is 1.77 bits per heavy atom. The topological polar surface area (TPSA) is 90.9 Å². The highest BCUT2D eigenvalue weighted by atomic mass is 16.5. The molecule has 3 unspecified atom stereocenters. The fourth-order valence-corrected chi connectivity index (χ4v) is 4.84. The number of nitrogens with one attached hydrogen (secondary N) is 1. The standard InChI is InChI=1S/C23H22N6O/c24-22-20-21(14-6-8-18(9-7-14)30-17-4-2-1-3-5-17)28-29(23(20)27-13-26-22)19-11-16-10-15(19)12-25-16/h1-9,13,15-16,19,25H,10-12H2,(H2,24,26,27). The van der Waals surface area contributed by atoms with Crippen LogP contribution in [-0.2, 0) is 0 Å². The lowest BCUT2D eigenvalue weighted by molar-refractivity contribution is 0.328. The zero-order valence-electron chi connectivity index (χ0n) is 16.4. The number of piperidine rings is 1. The second-order valence-corrected chi connectivity index (χ2v) is 8.09. The molecule has 2 fully saturated rings. The highest BCUT2D eigenvalue weighted by molar-refractivity contribution is 5.98. The van der Waals surface area contributed by atoms with E-state index in [4.69, 9.17) is 15.6 Å². The van der Waals surface area contributed by atoms with Crippen LogP contribution in [0.4, 0.5) is 5.82 Å². The minimum Gasteiger partial charge on any atom is -0.457 e. The van der Waals surface area contributed by atoms with Gasteiger partial charge in [-0.05, 0) is 55.2 Å². The number of nitrogens with zero attached hydrogens (tertiary/aromatic N) is 4. The highest BCUT2D eigenvalue weighted by Crippen LogP contribution is 2.42. The summed E-state index contributed by atoms with van der Waals surface area (Å²) in [6.07, 6.45) is 3.81. The first-order valence-corrected chi connectivity index (χ1v) is 10.3. The van der Waals surface area contributed by atoms with Gasteiger partial charge in [0.05, 0.1) is 11.4 Å². The average Bonchev–Trinajstić information content (AvgIpc) is 3.50. The minimum absolute atomic E-state index is 0.350. The molecule has 1 aliphatic carbocycles. The Morgan fingerprint density at radius 1 is 0.967 bits per heavy atom. The third-order valence-electron chi connectivity index (χ3n) is 6.27. The van der Waals surface area contributed by atoms with E-state index in [1.165, 1.54) is 12.7 Å². The van der Waals surface area contributed by atoms with Gasteiger partial charge < -0.3 is 15.8 Å². The number of fused-ring (bicyclic) bond motifs is 3. The third-order valence-corrected chi connectivity index (χ3v) is 6.27. The van der Waals surface area contributed by atoms with Gasteiger partial charge in [0.1, 0.15) is 29.3 Å². The van der Waals surface area contributed by atoms with Crippen molar-refractivity contribution in [2.45, 2.75) is 24.9 Å². The maximum absolute atomic E-state index is 6.27. The van der Waals surface area contributed by atoms with E-state index in [1.807, 2.05) is 54.6 Å². The van der Waals surface area contributed by atoms with Crippen molar-refractivity contribution in [1.82, 2.24) is 25.1 Å². The molecule has 1 aliphatic heterocycles. The molecule has 1 saturated carbocycles. The molecule has 7 nitrogen and oxygen atoms in total. The summed E-state index contributed by atoms with van der Waals surface area (Å²) >= 11 is 0. The Kier molecular flexibility index (Phi) is 3.95. The molecular weight excluding hydrogens is 376 g/mol. The van der Waals surface area contributed by atoms with Gasteiger partial charge in [0, 0.05) is 18.2 Å². The predicted octanol–water partition coefficient (Wildman–Crippen LogP) is 3.79. The number of nitrogens with two attached hydrogens (primary N) is 1. The summed E-state index contributed by atoms with van der Waals surface area (Å²) < 4.78 is 8.00. The number of nitrogen functional groups attached to an aromatic ring is 1. The van der Waals surface area contributed by atoms with E-state index in [0.29, 0.717) is 23.8 Å². The molecule has 4 aromatic rings. The molecule has 30 heavy (non-hydrogen) atoms.